The van der Waals surface area contributed by atoms with Crippen molar-refractivity contribution in [1.29, 1.82) is 0 Å². The number of H-pyrrole nitrogens is 1. The van der Waals surface area contributed by atoms with Gasteiger partial charge in [0.05, 0.1) is 5.39 Å². The molecule has 0 spiro atoms. The van der Waals surface area contributed by atoms with Gasteiger partial charge < -0.3 is 4.90 Å². The second-order valence-corrected chi connectivity index (χ2v) is 5.86. The number of hydrogen-bond donors (Lipinski definition) is 1. The van der Waals surface area contributed by atoms with Crippen LogP contribution in [0.15, 0.2) is 47.3 Å². The van der Waals surface area contributed by atoms with E-state index in [1.165, 1.54) is 0 Å². The zero-order valence-electron chi connectivity index (χ0n) is 12.0. The Bertz CT molecular complexity index is 997. The topological polar surface area (TPSA) is 66.1 Å². The lowest BCUT2D eigenvalue weighted by molar-refractivity contribution is 0.0985. The Balaban J connectivity index is 1.85. The van der Waals surface area contributed by atoms with E-state index >= 15 is 0 Å². The van der Waals surface area contributed by atoms with E-state index in [0.717, 1.165) is 17.7 Å². The Morgan fingerprint density at radius 1 is 1.17 bits per heavy atom. The molecule has 1 N–H and O–H groups in total. The molecule has 2 aromatic carbocycles. The van der Waals surface area contributed by atoms with Crippen LogP contribution >= 0.6 is 11.6 Å². The Morgan fingerprint density at radius 2 is 1.96 bits per heavy atom. The fourth-order valence-corrected chi connectivity index (χ4v) is 3.14. The summed E-state index contributed by atoms with van der Waals surface area (Å²) in [6.45, 7) is 0.573. The van der Waals surface area contributed by atoms with Gasteiger partial charge in [-0.3, -0.25) is 9.59 Å². The van der Waals surface area contributed by atoms with E-state index in [1.807, 2.05) is 12.1 Å². The minimum Gasteiger partial charge on any atom is -0.306 e. The largest absolute Gasteiger partial charge is 0.306 e. The van der Waals surface area contributed by atoms with E-state index in [9.17, 15) is 9.59 Å². The number of anilines is 1. The lowest BCUT2D eigenvalue weighted by Crippen LogP contribution is -2.31. The summed E-state index contributed by atoms with van der Waals surface area (Å²) in [4.78, 5) is 26.5. The number of hydrogen-bond acceptors (Lipinski definition) is 3. The van der Waals surface area contributed by atoms with Crippen molar-refractivity contribution in [3.63, 3.8) is 0 Å². The van der Waals surface area contributed by atoms with Crippen LogP contribution in [0.1, 0.15) is 16.1 Å². The van der Waals surface area contributed by atoms with Gasteiger partial charge in [0.1, 0.15) is 0 Å². The molecule has 1 aromatic heterocycles. The molecule has 0 radical (unpaired) electrons. The highest BCUT2D eigenvalue weighted by Gasteiger charge is 2.28. The van der Waals surface area contributed by atoms with Gasteiger partial charge in [0, 0.05) is 22.6 Å². The number of aromatic amines is 1. The van der Waals surface area contributed by atoms with Crippen molar-refractivity contribution >= 4 is 34.0 Å². The van der Waals surface area contributed by atoms with E-state index in [4.69, 9.17) is 11.6 Å². The van der Waals surface area contributed by atoms with Crippen molar-refractivity contribution in [1.82, 2.24) is 10.2 Å². The molecule has 0 fully saturated rings. The number of rotatable bonds is 1. The molecule has 1 amide bonds. The highest BCUT2D eigenvalue weighted by molar-refractivity contribution is 6.31. The molecule has 114 valence electrons. The fraction of sp³-hybridized carbons (Fsp3) is 0.118. The number of amides is 1. The normalized spacial score (nSPS) is 13.3. The monoisotopic (exact) mass is 325 g/mol. The molecule has 0 atom stereocenters. The van der Waals surface area contributed by atoms with Gasteiger partial charge in [0.15, 0.2) is 5.69 Å². The van der Waals surface area contributed by atoms with E-state index in [-0.39, 0.29) is 17.2 Å². The summed E-state index contributed by atoms with van der Waals surface area (Å²) in [5.74, 6) is -0.238. The molecule has 3 aromatic rings. The molecule has 1 aliphatic heterocycles. The maximum Gasteiger partial charge on any atom is 0.279 e. The first-order valence-corrected chi connectivity index (χ1v) is 7.60. The van der Waals surface area contributed by atoms with Crippen LogP contribution in [0, 0.1) is 0 Å². The average molecular weight is 326 g/mol. The van der Waals surface area contributed by atoms with E-state index in [0.29, 0.717) is 22.3 Å². The number of aromatic nitrogens is 2. The molecular formula is C17H12ClN3O2. The van der Waals surface area contributed by atoms with Crippen molar-refractivity contribution in [2.24, 2.45) is 0 Å². The zero-order valence-corrected chi connectivity index (χ0v) is 12.8. The molecule has 0 saturated carbocycles. The molecular weight excluding hydrogens is 314 g/mol. The smallest absolute Gasteiger partial charge is 0.279 e. The number of carbonyl (C=O) groups excluding carboxylic acids is 1. The van der Waals surface area contributed by atoms with E-state index in [1.54, 1.807) is 35.2 Å². The maximum absolute atomic E-state index is 12.9. The summed E-state index contributed by atoms with van der Waals surface area (Å²) >= 11 is 6.05. The quantitative estimate of drug-likeness (QED) is 0.748. The first kappa shape index (κ1) is 14.0. The van der Waals surface area contributed by atoms with Crippen molar-refractivity contribution in [2.75, 3.05) is 11.4 Å². The van der Waals surface area contributed by atoms with Crippen LogP contribution in [0.5, 0.6) is 0 Å². The Kier molecular flexibility index (Phi) is 3.16. The maximum atomic E-state index is 12.9. The predicted octanol–water partition coefficient (Wildman–Crippen LogP) is 2.78. The van der Waals surface area contributed by atoms with Gasteiger partial charge in [-0.1, -0.05) is 35.9 Å². The minimum absolute atomic E-state index is 0.238. The number of nitrogens with one attached hydrogen (secondary N) is 1. The summed E-state index contributed by atoms with van der Waals surface area (Å²) in [7, 11) is 0. The minimum atomic E-state index is -0.304. The van der Waals surface area contributed by atoms with Gasteiger partial charge in [-0.2, -0.15) is 5.10 Å². The average Bonchev–Trinajstić information content (AvgIpc) is 2.98. The lowest BCUT2D eigenvalue weighted by atomic mass is 10.1. The third-order valence-corrected chi connectivity index (χ3v) is 4.32. The second-order valence-electron chi connectivity index (χ2n) is 5.43. The molecule has 2 heterocycles. The molecule has 0 unspecified atom stereocenters. The van der Waals surface area contributed by atoms with E-state index in [2.05, 4.69) is 10.2 Å². The number of nitrogens with zero attached hydrogens (tertiary/aromatic N) is 2. The molecule has 6 heteroatoms. The van der Waals surface area contributed by atoms with E-state index < -0.39 is 0 Å². The van der Waals surface area contributed by atoms with Crippen LogP contribution in [0.4, 0.5) is 5.69 Å². The van der Waals surface area contributed by atoms with Gasteiger partial charge in [-0.05, 0) is 30.2 Å². The lowest BCUT2D eigenvalue weighted by Gasteiger charge is -2.17. The van der Waals surface area contributed by atoms with Gasteiger partial charge >= 0.3 is 0 Å². The summed E-state index contributed by atoms with van der Waals surface area (Å²) in [5.41, 5.74) is 1.83. The van der Waals surface area contributed by atoms with Crippen LogP contribution in [-0.2, 0) is 6.42 Å². The Morgan fingerprint density at radius 3 is 2.78 bits per heavy atom. The Hall–Kier alpha value is -2.66. The molecule has 1 aliphatic rings. The molecule has 0 aliphatic carbocycles. The second kappa shape index (κ2) is 5.21. The van der Waals surface area contributed by atoms with Crippen molar-refractivity contribution in [3.8, 4) is 0 Å². The van der Waals surface area contributed by atoms with Crippen molar-refractivity contribution < 1.29 is 4.79 Å². The Labute approximate surface area is 136 Å². The number of halogens is 1. The zero-order chi connectivity index (χ0) is 16.0. The molecule has 0 saturated heterocycles. The number of fused-ring (bicyclic) bond motifs is 2. The van der Waals surface area contributed by atoms with Gasteiger partial charge in [0.2, 0.25) is 0 Å². The van der Waals surface area contributed by atoms with Crippen LogP contribution < -0.4 is 10.5 Å². The van der Waals surface area contributed by atoms with Crippen LogP contribution in [0.25, 0.3) is 10.8 Å². The van der Waals surface area contributed by atoms with Gasteiger partial charge in [-0.15, -0.1) is 0 Å². The summed E-state index contributed by atoms with van der Waals surface area (Å²) in [6.07, 6.45) is 0.777. The van der Waals surface area contributed by atoms with Crippen molar-refractivity contribution in [2.45, 2.75) is 6.42 Å². The highest BCUT2D eigenvalue weighted by atomic mass is 35.5. The van der Waals surface area contributed by atoms with Crippen LogP contribution in [0.2, 0.25) is 5.02 Å². The summed E-state index contributed by atoms with van der Waals surface area (Å²) < 4.78 is 0. The van der Waals surface area contributed by atoms with Gasteiger partial charge in [0.25, 0.3) is 11.5 Å². The number of carbonyl (C=O) groups is 1. The first-order chi connectivity index (χ1) is 11.1. The molecule has 0 bridgehead atoms. The standard InChI is InChI=1S/C17H12ClN3O2/c18-11-6-5-10-7-8-21(14(10)9-11)17(23)15-12-3-1-2-4-13(12)16(22)20-19-15/h1-6,9H,7-8H2,(H,20,22). The third-order valence-electron chi connectivity index (χ3n) is 4.09. The predicted molar refractivity (Wildman–Crippen MR) is 89.2 cm³/mol. The first-order valence-electron chi connectivity index (χ1n) is 7.23. The fourth-order valence-electron chi connectivity index (χ4n) is 2.97. The summed E-state index contributed by atoms with van der Waals surface area (Å²) in [5, 5.41) is 7.98. The van der Waals surface area contributed by atoms with Crippen LogP contribution in [0.3, 0.4) is 0 Å². The van der Waals surface area contributed by atoms with Crippen LogP contribution in [-0.4, -0.2) is 22.6 Å². The highest BCUT2D eigenvalue weighted by Crippen LogP contribution is 2.32. The van der Waals surface area contributed by atoms with Crippen molar-refractivity contribution in [3.05, 3.63) is 69.1 Å². The SMILES string of the molecule is O=C(c1n[nH]c(=O)c2ccccc12)N1CCc2ccc(Cl)cc21. The third kappa shape index (κ3) is 2.21. The molecule has 5 nitrogen and oxygen atoms in total. The number of benzene rings is 2. The molecule has 4 rings (SSSR count). The molecule has 23 heavy (non-hydrogen) atoms. The van der Waals surface area contributed by atoms with Gasteiger partial charge in [-0.25, -0.2) is 5.10 Å². The summed E-state index contributed by atoms with van der Waals surface area (Å²) in [6, 6.07) is 12.5.